The minimum atomic E-state index is -0.662. The Balaban J connectivity index is 2.13. The summed E-state index contributed by atoms with van der Waals surface area (Å²) in [6.07, 6.45) is 0.463. The Hall–Kier alpha value is -2.01. The molecule has 20 heavy (non-hydrogen) atoms. The Kier molecular flexibility index (Phi) is 4.63. The van der Waals surface area contributed by atoms with Crippen LogP contribution in [0.15, 0.2) is 36.4 Å². The first kappa shape index (κ1) is 14.4. The smallest absolute Gasteiger partial charge is 0.126 e. The van der Waals surface area contributed by atoms with Crippen LogP contribution in [0.5, 0.6) is 5.75 Å². The van der Waals surface area contributed by atoms with E-state index in [0.717, 1.165) is 6.07 Å². The first-order valence-electron chi connectivity index (χ1n) is 6.15. The van der Waals surface area contributed by atoms with E-state index in [0.29, 0.717) is 29.8 Å². The Morgan fingerprint density at radius 1 is 0.900 bits per heavy atom. The van der Waals surface area contributed by atoms with Gasteiger partial charge in [0.15, 0.2) is 0 Å². The Bertz CT molecular complexity index is 581. The van der Waals surface area contributed by atoms with Crippen LogP contribution >= 0.6 is 0 Å². The molecule has 0 amide bonds. The van der Waals surface area contributed by atoms with Crippen molar-refractivity contribution in [2.45, 2.75) is 13.0 Å². The predicted octanol–water partition coefficient (Wildman–Crippen LogP) is 3.18. The first-order chi connectivity index (χ1) is 9.58. The molecule has 0 saturated heterocycles. The van der Waals surface area contributed by atoms with E-state index in [9.17, 15) is 13.2 Å². The van der Waals surface area contributed by atoms with Crippen LogP contribution in [0.2, 0.25) is 0 Å². The molecule has 0 aromatic heterocycles. The zero-order valence-electron chi connectivity index (χ0n) is 10.7. The van der Waals surface area contributed by atoms with Crippen LogP contribution < -0.4 is 10.5 Å². The Morgan fingerprint density at radius 2 is 1.60 bits per heavy atom. The third kappa shape index (κ3) is 3.74. The summed E-state index contributed by atoms with van der Waals surface area (Å²) in [5, 5.41) is 0. The van der Waals surface area contributed by atoms with Crippen LogP contribution in [-0.2, 0) is 13.0 Å². The quantitative estimate of drug-likeness (QED) is 0.913. The van der Waals surface area contributed by atoms with E-state index in [1.165, 1.54) is 30.3 Å². The number of hydrogen-bond acceptors (Lipinski definition) is 2. The van der Waals surface area contributed by atoms with Crippen LogP contribution in [0.25, 0.3) is 0 Å². The SMILES string of the molecule is NCCc1cc(F)ccc1OCc1cc(F)cc(F)c1. The molecule has 0 unspecified atom stereocenters. The molecule has 0 atom stereocenters. The van der Waals surface area contributed by atoms with Gasteiger partial charge >= 0.3 is 0 Å². The third-order valence-corrected chi connectivity index (χ3v) is 2.75. The Morgan fingerprint density at radius 3 is 2.25 bits per heavy atom. The summed E-state index contributed by atoms with van der Waals surface area (Å²) in [6.45, 7) is 0.353. The largest absolute Gasteiger partial charge is 0.489 e. The molecule has 2 aromatic rings. The zero-order valence-corrected chi connectivity index (χ0v) is 10.7. The molecule has 0 spiro atoms. The summed E-state index contributed by atoms with van der Waals surface area (Å²) < 4.78 is 44.7. The highest BCUT2D eigenvalue weighted by Crippen LogP contribution is 2.21. The van der Waals surface area contributed by atoms with E-state index >= 15 is 0 Å². The Labute approximate surface area is 115 Å². The second-order valence-electron chi connectivity index (χ2n) is 4.36. The van der Waals surface area contributed by atoms with Crippen LogP contribution in [0, 0.1) is 17.5 Å². The average Bonchev–Trinajstić information content (AvgIpc) is 2.37. The molecular formula is C15H14F3NO. The van der Waals surface area contributed by atoms with Gasteiger partial charge in [-0.25, -0.2) is 13.2 Å². The molecule has 2 nitrogen and oxygen atoms in total. The molecule has 2 aromatic carbocycles. The lowest BCUT2D eigenvalue weighted by Gasteiger charge is -2.11. The minimum absolute atomic E-state index is 0.00210. The third-order valence-electron chi connectivity index (χ3n) is 2.75. The molecule has 0 bridgehead atoms. The molecular weight excluding hydrogens is 267 g/mol. The summed E-state index contributed by atoms with van der Waals surface area (Å²) in [4.78, 5) is 0. The number of ether oxygens (including phenoxy) is 1. The first-order valence-corrected chi connectivity index (χ1v) is 6.15. The maximum absolute atomic E-state index is 13.1. The number of benzene rings is 2. The van der Waals surface area contributed by atoms with Gasteiger partial charge in [-0.3, -0.25) is 0 Å². The fourth-order valence-corrected chi connectivity index (χ4v) is 1.90. The van der Waals surface area contributed by atoms with E-state index in [1.54, 1.807) is 0 Å². The van der Waals surface area contributed by atoms with E-state index in [4.69, 9.17) is 10.5 Å². The van der Waals surface area contributed by atoms with Gasteiger partial charge in [0.25, 0.3) is 0 Å². The topological polar surface area (TPSA) is 35.2 Å². The molecule has 0 fully saturated rings. The van der Waals surface area contributed by atoms with Gasteiger partial charge < -0.3 is 10.5 Å². The summed E-state index contributed by atoms with van der Waals surface area (Å²) in [7, 11) is 0. The van der Waals surface area contributed by atoms with E-state index in [1.807, 2.05) is 0 Å². The van der Waals surface area contributed by atoms with Crippen LogP contribution in [-0.4, -0.2) is 6.54 Å². The van der Waals surface area contributed by atoms with Gasteiger partial charge in [-0.1, -0.05) is 0 Å². The van der Waals surface area contributed by atoms with Crippen molar-refractivity contribution in [3.63, 3.8) is 0 Å². The van der Waals surface area contributed by atoms with E-state index in [2.05, 4.69) is 0 Å². The lowest BCUT2D eigenvalue weighted by atomic mass is 10.1. The molecule has 2 N–H and O–H groups in total. The summed E-state index contributed by atoms with van der Waals surface area (Å²) >= 11 is 0. The average molecular weight is 281 g/mol. The summed E-state index contributed by atoms with van der Waals surface area (Å²) in [5.41, 5.74) is 6.44. The predicted molar refractivity (Wildman–Crippen MR) is 69.8 cm³/mol. The zero-order chi connectivity index (χ0) is 14.5. The monoisotopic (exact) mass is 281 g/mol. The van der Waals surface area contributed by atoms with Crippen molar-refractivity contribution in [2.75, 3.05) is 6.54 Å². The van der Waals surface area contributed by atoms with Gasteiger partial charge in [-0.15, -0.1) is 0 Å². The van der Waals surface area contributed by atoms with Gasteiger partial charge in [0.2, 0.25) is 0 Å². The van der Waals surface area contributed by atoms with Gasteiger partial charge in [-0.2, -0.15) is 0 Å². The molecule has 0 aliphatic rings. The number of hydrogen-bond donors (Lipinski definition) is 1. The van der Waals surface area contributed by atoms with E-state index < -0.39 is 11.6 Å². The maximum Gasteiger partial charge on any atom is 0.126 e. The summed E-state index contributed by atoms with van der Waals surface area (Å²) in [6, 6.07) is 7.26. The van der Waals surface area contributed by atoms with Crippen molar-refractivity contribution in [1.82, 2.24) is 0 Å². The minimum Gasteiger partial charge on any atom is -0.489 e. The van der Waals surface area contributed by atoms with Gasteiger partial charge in [-0.05, 0) is 54.4 Å². The maximum atomic E-state index is 13.1. The molecule has 5 heteroatoms. The van der Waals surface area contributed by atoms with Gasteiger partial charge in [0.1, 0.15) is 29.8 Å². The second-order valence-corrected chi connectivity index (χ2v) is 4.36. The van der Waals surface area contributed by atoms with Crippen molar-refractivity contribution in [3.8, 4) is 5.75 Å². The number of rotatable bonds is 5. The fourth-order valence-electron chi connectivity index (χ4n) is 1.90. The van der Waals surface area contributed by atoms with Gasteiger partial charge in [0, 0.05) is 6.07 Å². The van der Waals surface area contributed by atoms with Gasteiger partial charge in [0.05, 0.1) is 0 Å². The van der Waals surface area contributed by atoms with Crippen LogP contribution in [0.4, 0.5) is 13.2 Å². The molecule has 2 rings (SSSR count). The number of halogens is 3. The lowest BCUT2D eigenvalue weighted by molar-refractivity contribution is 0.301. The molecule has 0 aliphatic heterocycles. The fraction of sp³-hybridized carbons (Fsp3) is 0.200. The lowest BCUT2D eigenvalue weighted by Crippen LogP contribution is -2.06. The van der Waals surface area contributed by atoms with Crippen molar-refractivity contribution in [2.24, 2.45) is 5.73 Å². The van der Waals surface area contributed by atoms with Crippen molar-refractivity contribution in [1.29, 1.82) is 0 Å². The highest BCUT2D eigenvalue weighted by molar-refractivity contribution is 5.34. The number of nitrogens with two attached hydrogens (primary N) is 1. The van der Waals surface area contributed by atoms with Crippen LogP contribution in [0.1, 0.15) is 11.1 Å². The highest BCUT2D eigenvalue weighted by Gasteiger charge is 2.07. The molecule has 0 radical (unpaired) electrons. The standard InChI is InChI=1S/C15H14F3NO/c16-12-1-2-15(11(7-12)3-4-19)20-9-10-5-13(17)8-14(18)6-10/h1-2,5-8H,3-4,9,19H2. The van der Waals surface area contributed by atoms with Crippen LogP contribution in [0.3, 0.4) is 0 Å². The highest BCUT2D eigenvalue weighted by atomic mass is 19.1. The summed E-state index contributed by atoms with van der Waals surface area (Å²) in [5.74, 6) is -1.24. The van der Waals surface area contributed by atoms with Crippen molar-refractivity contribution < 1.29 is 17.9 Å². The van der Waals surface area contributed by atoms with E-state index in [-0.39, 0.29) is 12.4 Å². The normalized spacial score (nSPS) is 10.6. The van der Waals surface area contributed by atoms with Crippen molar-refractivity contribution in [3.05, 3.63) is 65.0 Å². The second kappa shape index (κ2) is 6.43. The molecule has 106 valence electrons. The molecule has 0 aliphatic carbocycles. The van der Waals surface area contributed by atoms with Crippen molar-refractivity contribution >= 4 is 0 Å². The molecule has 0 heterocycles. The molecule has 0 saturated carbocycles.